The van der Waals surface area contributed by atoms with Gasteiger partial charge in [0.2, 0.25) is 0 Å². The van der Waals surface area contributed by atoms with Gasteiger partial charge >= 0.3 is 0 Å². The van der Waals surface area contributed by atoms with E-state index in [2.05, 4.69) is 55.2 Å². The molecule has 0 unspecified atom stereocenters. The number of nitrogens with zero attached hydrogens (tertiary/aromatic N) is 2. The molecule has 1 aromatic carbocycles. The Morgan fingerprint density at radius 1 is 1.05 bits per heavy atom. The quantitative estimate of drug-likeness (QED) is 0.943. The van der Waals surface area contributed by atoms with E-state index in [1.165, 1.54) is 5.56 Å². The third-order valence-corrected chi connectivity index (χ3v) is 2.65. The van der Waals surface area contributed by atoms with Crippen molar-refractivity contribution in [3.8, 4) is 0 Å². The molecule has 3 nitrogen and oxygen atoms in total. The molecule has 0 aliphatic carbocycles. The first-order chi connectivity index (χ1) is 9.13. The lowest BCUT2D eigenvalue weighted by atomic mass is 10.2. The lowest BCUT2D eigenvalue weighted by Crippen LogP contribution is -2.10. The van der Waals surface area contributed by atoms with E-state index in [4.69, 9.17) is 5.73 Å². The molecule has 1 heterocycles. The van der Waals surface area contributed by atoms with Crippen LogP contribution in [0.4, 0.5) is 5.82 Å². The Labute approximate surface area is 128 Å². The molecule has 0 bridgehead atoms. The Morgan fingerprint density at radius 2 is 1.70 bits per heavy atom. The van der Waals surface area contributed by atoms with Crippen molar-refractivity contribution in [1.29, 1.82) is 0 Å². The van der Waals surface area contributed by atoms with Crippen LogP contribution in [-0.4, -0.2) is 24.0 Å². The topological polar surface area (TPSA) is 42.1 Å². The van der Waals surface area contributed by atoms with Gasteiger partial charge in [-0.05, 0) is 37.7 Å². The molecule has 2 aromatic rings. The Balaban J connectivity index is 0.000000345. The van der Waals surface area contributed by atoms with Crippen molar-refractivity contribution in [2.75, 3.05) is 19.8 Å². The van der Waals surface area contributed by atoms with E-state index in [0.29, 0.717) is 5.82 Å². The maximum Gasteiger partial charge on any atom is 0.126 e. The minimum absolute atomic E-state index is 0. The number of pyridine rings is 1. The van der Waals surface area contributed by atoms with Gasteiger partial charge in [0.25, 0.3) is 0 Å². The first kappa shape index (κ1) is 18.4. The SMILES string of the molecule is CCc1cccnc1N.CN(C)Cc1ccccc1.Cl. The highest BCUT2D eigenvalue weighted by molar-refractivity contribution is 5.85. The Morgan fingerprint density at radius 3 is 2.15 bits per heavy atom. The molecule has 4 heteroatoms. The lowest BCUT2D eigenvalue weighted by Gasteiger charge is -2.08. The molecule has 0 aliphatic rings. The molecule has 0 saturated carbocycles. The molecule has 20 heavy (non-hydrogen) atoms. The molecule has 0 amide bonds. The minimum atomic E-state index is 0. The van der Waals surface area contributed by atoms with Crippen LogP contribution in [0.2, 0.25) is 0 Å². The van der Waals surface area contributed by atoms with Crippen LogP contribution in [0.15, 0.2) is 48.7 Å². The number of anilines is 1. The summed E-state index contributed by atoms with van der Waals surface area (Å²) in [6.45, 7) is 3.09. The van der Waals surface area contributed by atoms with Crippen LogP contribution in [0, 0.1) is 0 Å². The fraction of sp³-hybridized carbons (Fsp3) is 0.312. The summed E-state index contributed by atoms with van der Waals surface area (Å²) < 4.78 is 0. The van der Waals surface area contributed by atoms with Crippen molar-refractivity contribution in [1.82, 2.24) is 9.88 Å². The fourth-order valence-corrected chi connectivity index (χ4v) is 1.70. The van der Waals surface area contributed by atoms with Crippen LogP contribution in [-0.2, 0) is 13.0 Å². The van der Waals surface area contributed by atoms with Gasteiger partial charge in [-0.2, -0.15) is 0 Å². The van der Waals surface area contributed by atoms with E-state index in [1.54, 1.807) is 6.20 Å². The van der Waals surface area contributed by atoms with Crippen molar-refractivity contribution in [3.63, 3.8) is 0 Å². The van der Waals surface area contributed by atoms with Crippen LogP contribution in [0.5, 0.6) is 0 Å². The standard InChI is InChI=1S/C9H13N.C7H10N2.ClH/c1-10(2)8-9-6-4-3-5-7-9;1-2-6-4-3-5-9-7(6)8;/h3-7H,8H2,1-2H3;3-5H,2H2,1H3,(H2,8,9);1H. The smallest absolute Gasteiger partial charge is 0.126 e. The summed E-state index contributed by atoms with van der Waals surface area (Å²) in [5.41, 5.74) is 8.01. The van der Waals surface area contributed by atoms with E-state index in [1.807, 2.05) is 18.2 Å². The van der Waals surface area contributed by atoms with E-state index in [0.717, 1.165) is 18.5 Å². The summed E-state index contributed by atoms with van der Waals surface area (Å²) >= 11 is 0. The fourth-order valence-electron chi connectivity index (χ4n) is 1.70. The summed E-state index contributed by atoms with van der Waals surface area (Å²) in [4.78, 5) is 6.09. The van der Waals surface area contributed by atoms with Crippen LogP contribution in [0.3, 0.4) is 0 Å². The van der Waals surface area contributed by atoms with E-state index < -0.39 is 0 Å². The van der Waals surface area contributed by atoms with Gasteiger partial charge in [-0.1, -0.05) is 43.3 Å². The molecule has 2 rings (SSSR count). The molecule has 0 spiro atoms. The average Bonchev–Trinajstić information content (AvgIpc) is 2.40. The van der Waals surface area contributed by atoms with Gasteiger partial charge in [-0.25, -0.2) is 4.98 Å². The highest BCUT2D eigenvalue weighted by Crippen LogP contribution is 2.05. The zero-order valence-corrected chi connectivity index (χ0v) is 13.2. The van der Waals surface area contributed by atoms with Crippen molar-refractivity contribution in [2.45, 2.75) is 19.9 Å². The summed E-state index contributed by atoms with van der Waals surface area (Å²) in [6, 6.07) is 14.3. The van der Waals surface area contributed by atoms with Crippen molar-refractivity contribution < 1.29 is 0 Å². The van der Waals surface area contributed by atoms with Crippen LogP contribution in [0.25, 0.3) is 0 Å². The number of nitrogen functional groups attached to an aromatic ring is 1. The largest absolute Gasteiger partial charge is 0.383 e. The highest BCUT2D eigenvalue weighted by atomic mass is 35.5. The second kappa shape index (κ2) is 10.2. The number of aromatic nitrogens is 1. The molecule has 0 atom stereocenters. The molecule has 0 aliphatic heterocycles. The zero-order chi connectivity index (χ0) is 14.1. The molecular weight excluding hydrogens is 270 g/mol. The van der Waals surface area contributed by atoms with Gasteiger partial charge < -0.3 is 10.6 Å². The Bertz CT molecular complexity index is 472. The summed E-state index contributed by atoms with van der Waals surface area (Å²) in [5.74, 6) is 0.653. The minimum Gasteiger partial charge on any atom is -0.383 e. The number of nitrogens with two attached hydrogens (primary N) is 1. The average molecular weight is 294 g/mol. The van der Waals surface area contributed by atoms with Gasteiger partial charge in [-0.3, -0.25) is 0 Å². The molecule has 0 radical (unpaired) electrons. The number of rotatable bonds is 3. The maximum absolute atomic E-state index is 5.52. The van der Waals surface area contributed by atoms with Crippen molar-refractivity contribution in [3.05, 3.63) is 59.8 Å². The first-order valence-electron chi connectivity index (χ1n) is 6.51. The number of benzene rings is 1. The van der Waals surface area contributed by atoms with E-state index >= 15 is 0 Å². The number of hydrogen-bond acceptors (Lipinski definition) is 3. The molecule has 110 valence electrons. The van der Waals surface area contributed by atoms with Crippen molar-refractivity contribution >= 4 is 18.2 Å². The van der Waals surface area contributed by atoms with Gasteiger partial charge in [0.1, 0.15) is 5.82 Å². The monoisotopic (exact) mass is 293 g/mol. The van der Waals surface area contributed by atoms with Crippen LogP contribution in [0.1, 0.15) is 18.1 Å². The van der Waals surface area contributed by atoms with E-state index in [-0.39, 0.29) is 12.4 Å². The molecule has 2 N–H and O–H groups in total. The maximum atomic E-state index is 5.52. The second-order valence-electron chi connectivity index (χ2n) is 4.62. The number of halogens is 1. The predicted octanol–water partition coefficient (Wildman–Crippen LogP) is 3.40. The van der Waals surface area contributed by atoms with Crippen LogP contribution < -0.4 is 5.73 Å². The van der Waals surface area contributed by atoms with E-state index in [9.17, 15) is 0 Å². The zero-order valence-electron chi connectivity index (χ0n) is 12.4. The predicted molar refractivity (Wildman–Crippen MR) is 89.1 cm³/mol. The molecule has 0 fully saturated rings. The molecule has 1 aromatic heterocycles. The third-order valence-electron chi connectivity index (χ3n) is 2.65. The molecular formula is C16H24ClN3. The summed E-state index contributed by atoms with van der Waals surface area (Å²) in [5, 5.41) is 0. The Hall–Kier alpha value is -1.58. The molecule has 0 saturated heterocycles. The second-order valence-corrected chi connectivity index (χ2v) is 4.62. The van der Waals surface area contributed by atoms with Crippen LogP contribution >= 0.6 is 12.4 Å². The lowest BCUT2D eigenvalue weighted by molar-refractivity contribution is 0.402. The van der Waals surface area contributed by atoms with Gasteiger partial charge in [0, 0.05) is 12.7 Å². The summed E-state index contributed by atoms with van der Waals surface area (Å²) in [6.07, 6.45) is 2.66. The van der Waals surface area contributed by atoms with Gasteiger partial charge in [-0.15, -0.1) is 12.4 Å². The number of aryl methyl sites for hydroxylation is 1. The third kappa shape index (κ3) is 7.12. The van der Waals surface area contributed by atoms with Gasteiger partial charge in [0.15, 0.2) is 0 Å². The Kier molecular flexibility index (Phi) is 9.43. The number of hydrogen-bond donors (Lipinski definition) is 1. The highest BCUT2D eigenvalue weighted by Gasteiger charge is 1.92. The normalized spacial score (nSPS) is 9.40. The first-order valence-corrected chi connectivity index (χ1v) is 6.51. The van der Waals surface area contributed by atoms with Crippen molar-refractivity contribution in [2.24, 2.45) is 0 Å². The van der Waals surface area contributed by atoms with Gasteiger partial charge in [0.05, 0.1) is 0 Å². The summed E-state index contributed by atoms with van der Waals surface area (Å²) in [7, 11) is 4.15.